The first-order valence-corrected chi connectivity index (χ1v) is 10.3. The third kappa shape index (κ3) is 8.07. The predicted molar refractivity (Wildman–Crippen MR) is 132 cm³/mol. The largest absolute Gasteiger partial charge is 0.356 e. The number of hydrogen-bond donors (Lipinski definition) is 2. The topological polar surface area (TPSA) is 92.5 Å². The SMILES string of the molecule is I.O=[N+]([O-])c1ccc(CN=C(NCCc2ccccn2)NCCc2cccs2)cc1. The van der Waals surface area contributed by atoms with Gasteiger partial charge in [0.05, 0.1) is 11.5 Å². The van der Waals surface area contributed by atoms with Crippen LogP contribution in [0.4, 0.5) is 5.69 Å². The molecule has 2 heterocycles. The van der Waals surface area contributed by atoms with E-state index in [1.54, 1.807) is 29.7 Å². The van der Waals surface area contributed by atoms with E-state index in [2.05, 4.69) is 38.1 Å². The van der Waals surface area contributed by atoms with Crippen LogP contribution in [0, 0.1) is 10.1 Å². The molecule has 0 aliphatic carbocycles. The molecule has 7 nitrogen and oxygen atoms in total. The lowest BCUT2D eigenvalue weighted by molar-refractivity contribution is -0.384. The summed E-state index contributed by atoms with van der Waals surface area (Å²) >= 11 is 1.74. The second-order valence-electron chi connectivity index (χ2n) is 6.34. The number of nitro benzene ring substituents is 1. The fourth-order valence-electron chi connectivity index (χ4n) is 2.68. The summed E-state index contributed by atoms with van der Waals surface area (Å²) in [7, 11) is 0. The molecule has 0 unspecified atom stereocenters. The van der Waals surface area contributed by atoms with Crippen LogP contribution in [0.25, 0.3) is 0 Å². The molecule has 0 atom stereocenters. The van der Waals surface area contributed by atoms with Crippen LogP contribution in [-0.4, -0.2) is 29.0 Å². The van der Waals surface area contributed by atoms with Crippen molar-refractivity contribution < 1.29 is 4.92 Å². The van der Waals surface area contributed by atoms with Gasteiger partial charge in [0.2, 0.25) is 0 Å². The summed E-state index contributed by atoms with van der Waals surface area (Å²) in [6.07, 6.45) is 3.51. The highest BCUT2D eigenvalue weighted by Gasteiger charge is 2.05. The van der Waals surface area contributed by atoms with Gasteiger partial charge in [-0.15, -0.1) is 35.3 Å². The Labute approximate surface area is 196 Å². The Bertz CT molecular complexity index is 918. The van der Waals surface area contributed by atoms with E-state index in [0.717, 1.165) is 36.6 Å². The highest BCUT2D eigenvalue weighted by atomic mass is 127. The molecule has 0 fully saturated rings. The molecule has 1 aromatic carbocycles. The van der Waals surface area contributed by atoms with Gasteiger partial charge in [-0.1, -0.05) is 24.3 Å². The van der Waals surface area contributed by atoms with Crippen molar-refractivity contribution in [1.29, 1.82) is 0 Å². The highest BCUT2D eigenvalue weighted by Crippen LogP contribution is 2.12. The van der Waals surface area contributed by atoms with E-state index in [0.29, 0.717) is 13.1 Å². The Kier molecular flexibility index (Phi) is 10.2. The molecule has 9 heteroatoms. The summed E-state index contributed by atoms with van der Waals surface area (Å²) < 4.78 is 0. The smallest absolute Gasteiger partial charge is 0.269 e. The molecular weight excluding hydrogens is 513 g/mol. The van der Waals surface area contributed by atoms with Gasteiger partial charge < -0.3 is 10.6 Å². The molecule has 0 aliphatic rings. The predicted octanol–water partition coefficient (Wildman–Crippen LogP) is 4.19. The number of nitrogens with one attached hydrogen (secondary N) is 2. The first-order chi connectivity index (χ1) is 14.2. The molecule has 0 bridgehead atoms. The number of hydrogen-bond acceptors (Lipinski definition) is 5. The van der Waals surface area contributed by atoms with Crippen LogP contribution in [0.3, 0.4) is 0 Å². The van der Waals surface area contributed by atoms with E-state index in [1.165, 1.54) is 17.0 Å². The van der Waals surface area contributed by atoms with Crippen LogP contribution in [0.15, 0.2) is 71.2 Å². The molecule has 0 radical (unpaired) electrons. The van der Waals surface area contributed by atoms with Gasteiger partial charge in [-0.25, -0.2) is 4.99 Å². The van der Waals surface area contributed by atoms with Gasteiger partial charge in [0, 0.05) is 48.4 Å². The zero-order chi connectivity index (χ0) is 20.3. The van der Waals surface area contributed by atoms with Crippen LogP contribution in [0.5, 0.6) is 0 Å². The lowest BCUT2D eigenvalue weighted by Crippen LogP contribution is -2.39. The Morgan fingerprint density at radius 3 is 2.43 bits per heavy atom. The molecule has 30 heavy (non-hydrogen) atoms. The van der Waals surface area contributed by atoms with Crippen LogP contribution in [0.2, 0.25) is 0 Å². The van der Waals surface area contributed by atoms with Crippen LogP contribution >= 0.6 is 35.3 Å². The van der Waals surface area contributed by atoms with E-state index in [9.17, 15) is 10.1 Å². The summed E-state index contributed by atoms with van der Waals surface area (Å²) in [4.78, 5) is 20.7. The Morgan fingerprint density at radius 2 is 1.80 bits per heavy atom. The molecule has 2 aromatic heterocycles. The first-order valence-electron chi connectivity index (χ1n) is 9.38. The number of rotatable bonds is 9. The quantitative estimate of drug-likeness (QED) is 0.141. The number of benzene rings is 1. The molecule has 2 N–H and O–H groups in total. The number of non-ortho nitro benzene ring substituents is 1. The minimum absolute atomic E-state index is 0. The zero-order valence-corrected chi connectivity index (χ0v) is 19.5. The number of guanidine groups is 1. The highest BCUT2D eigenvalue weighted by molar-refractivity contribution is 14.0. The van der Waals surface area contributed by atoms with Crippen molar-refractivity contribution in [3.05, 3.63) is 92.4 Å². The summed E-state index contributed by atoms with van der Waals surface area (Å²) in [5, 5.41) is 19.6. The minimum atomic E-state index is -0.399. The molecule has 0 spiro atoms. The number of aromatic nitrogens is 1. The molecule has 0 amide bonds. The number of thiophene rings is 1. The van der Waals surface area contributed by atoms with E-state index < -0.39 is 4.92 Å². The Morgan fingerprint density at radius 1 is 1.03 bits per heavy atom. The minimum Gasteiger partial charge on any atom is -0.356 e. The van der Waals surface area contributed by atoms with Gasteiger partial charge in [0.1, 0.15) is 0 Å². The second kappa shape index (κ2) is 12.9. The Balaban J connectivity index is 0.00000320. The van der Waals surface area contributed by atoms with Crippen molar-refractivity contribution in [1.82, 2.24) is 15.6 Å². The van der Waals surface area contributed by atoms with Crippen molar-refractivity contribution in [3.8, 4) is 0 Å². The van der Waals surface area contributed by atoms with Gasteiger partial charge in [0.15, 0.2) is 5.96 Å². The normalized spacial score (nSPS) is 10.9. The summed E-state index contributed by atoms with van der Waals surface area (Å²) in [5.74, 6) is 0.718. The van der Waals surface area contributed by atoms with Crippen LogP contribution in [0.1, 0.15) is 16.1 Å². The molecule has 3 aromatic rings. The first kappa shape index (κ1) is 23.7. The number of halogens is 1. The summed E-state index contributed by atoms with van der Waals surface area (Å²) in [5.41, 5.74) is 2.02. The van der Waals surface area contributed by atoms with Gasteiger partial charge >= 0.3 is 0 Å². The van der Waals surface area contributed by atoms with Gasteiger partial charge in [0.25, 0.3) is 5.69 Å². The monoisotopic (exact) mass is 537 g/mol. The van der Waals surface area contributed by atoms with E-state index in [1.807, 2.05) is 18.2 Å². The van der Waals surface area contributed by atoms with E-state index >= 15 is 0 Å². The standard InChI is InChI=1S/C21H23N5O2S.HI/c27-26(28)19-8-6-17(7-9-19)16-25-21(24-14-11-20-5-3-15-29-20)23-13-10-18-4-1-2-12-22-18;/h1-9,12,15H,10-11,13-14,16H2,(H2,23,24,25);1H. The third-order valence-electron chi connectivity index (χ3n) is 4.21. The van der Waals surface area contributed by atoms with E-state index in [4.69, 9.17) is 0 Å². The van der Waals surface area contributed by atoms with Crippen molar-refractivity contribution in [2.75, 3.05) is 13.1 Å². The average molecular weight is 537 g/mol. The number of aliphatic imine (C=N–C) groups is 1. The third-order valence-corrected chi connectivity index (χ3v) is 5.15. The molecule has 0 aliphatic heterocycles. The van der Waals surface area contributed by atoms with Crippen LogP contribution < -0.4 is 10.6 Å². The second-order valence-corrected chi connectivity index (χ2v) is 7.37. The van der Waals surface area contributed by atoms with Crippen LogP contribution in [-0.2, 0) is 19.4 Å². The molecule has 158 valence electrons. The maximum Gasteiger partial charge on any atom is 0.269 e. The van der Waals surface area contributed by atoms with Gasteiger partial charge in [-0.05, 0) is 35.6 Å². The van der Waals surface area contributed by atoms with Crippen molar-refractivity contribution in [2.24, 2.45) is 4.99 Å². The molecule has 3 rings (SSSR count). The number of pyridine rings is 1. The molecule has 0 saturated heterocycles. The number of nitrogens with zero attached hydrogens (tertiary/aromatic N) is 3. The maximum atomic E-state index is 10.8. The van der Waals surface area contributed by atoms with Crippen molar-refractivity contribution >= 4 is 47.0 Å². The fraction of sp³-hybridized carbons (Fsp3) is 0.238. The lowest BCUT2D eigenvalue weighted by Gasteiger charge is -2.12. The van der Waals surface area contributed by atoms with Gasteiger partial charge in [-0.3, -0.25) is 15.1 Å². The van der Waals surface area contributed by atoms with Crippen molar-refractivity contribution in [2.45, 2.75) is 19.4 Å². The fourth-order valence-corrected chi connectivity index (χ4v) is 3.39. The zero-order valence-electron chi connectivity index (χ0n) is 16.4. The van der Waals surface area contributed by atoms with E-state index in [-0.39, 0.29) is 29.7 Å². The average Bonchev–Trinajstić information content (AvgIpc) is 3.26. The maximum absolute atomic E-state index is 10.8. The van der Waals surface area contributed by atoms with Crippen molar-refractivity contribution in [3.63, 3.8) is 0 Å². The van der Waals surface area contributed by atoms with Gasteiger partial charge in [-0.2, -0.15) is 0 Å². The summed E-state index contributed by atoms with van der Waals surface area (Å²) in [6, 6.07) is 16.5. The molecular formula is C21H24IN5O2S. The number of nitro groups is 1. The lowest BCUT2D eigenvalue weighted by atomic mass is 10.2. The Hall–Kier alpha value is -2.53. The molecule has 0 saturated carbocycles. The summed E-state index contributed by atoms with van der Waals surface area (Å²) in [6.45, 7) is 1.92.